The van der Waals surface area contributed by atoms with Gasteiger partial charge >= 0.3 is 0 Å². The summed E-state index contributed by atoms with van der Waals surface area (Å²) >= 11 is 3.37. The first-order valence-electron chi connectivity index (χ1n) is 12.9. The van der Waals surface area contributed by atoms with Gasteiger partial charge in [0, 0.05) is 12.3 Å². The summed E-state index contributed by atoms with van der Waals surface area (Å²) in [6, 6.07) is 17.1. The van der Waals surface area contributed by atoms with E-state index in [-0.39, 0.29) is 32.8 Å². The summed E-state index contributed by atoms with van der Waals surface area (Å²) in [6.45, 7) is 20.0. The lowest BCUT2D eigenvalue weighted by Gasteiger charge is -2.20. The van der Waals surface area contributed by atoms with Crippen molar-refractivity contribution in [3.05, 3.63) is 70.8 Å². The van der Waals surface area contributed by atoms with Crippen molar-refractivity contribution in [2.45, 2.75) is 96.8 Å². The fraction of sp³-hybridized carbons (Fsp3) is 0.533. The maximum Gasteiger partial charge on any atom is 0.236 e. The number of aryl methyl sites for hydroxylation is 2. The van der Waals surface area contributed by atoms with Crippen LogP contribution in [0, 0.1) is 6.92 Å². The van der Waals surface area contributed by atoms with E-state index in [4.69, 9.17) is 0 Å². The van der Waals surface area contributed by atoms with Gasteiger partial charge in [0.2, 0.25) is 5.91 Å². The summed E-state index contributed by atoms with van der Waals surface area (Å²) in [5.74, 6) is 0.406. The highest BCUT2D eigenvalue weighted by Gasteiger charge is 2.35. The molecule has 0 bridgehead atoms. The number of amides is 1. The van der Waals surface area contributed by atoms with E-state index in [1.807, 2.05) is 53.5 Å². The Bertz CT molecular complexity index is 865. The topological polar surface area (TPSA) is 37.4 Å². The number of carbonyl (C=O) groups is 2. The Morgan fingerprint density at radius 3 is 1.91 bits per heavy atom. The van der Waals surface area contributed by atoms with Crippen molar-refractivity contribution in [2.24, 2.45) is 0 Å². The molecule has 3 nitrogen and oxygen atoms in total. The minimum Gasteiger partial charge on any atom is -0.329 e. The molecule has 1 aliphatic heterocycles. The zero-order chi connectivity index (χ0) is 27.1. The Morgan fingerprint density at radius 1 is 1.00 bits per heavy atom. The monoisotopic (exact) mass is 517 g/mol. The Morgan fingerprint density at radius 2 is 1.51 bits per heavy atom. The first kappa shape index (κ1) is 33.3. The van der Waals surface area contributed by atoms with E-state index in [0.717, 1.165) is 12.0 Å². The minimum absolute atomic E-state index is 0.0182. The van der Waals surface area contributed by atoms with E-state index in [9.17, 15) is 9.59 Å². The van der Waals surface area contributed by atoms with Gasteiger partial charge in [0.05, 0.1) is 10.5 Å². The third-order valence-corrected chi connectivity index (χ3v) is 8.46. The van der Waals surface area contributed by atoms with Crippen molar-refractivity contribution in [3.63, 3.8) is 0 Å². The highest BCUT2D eigenvalue weighted by Crippen LogP contribution is 2.42. The van der Waals surface area contributed by atoms with Crippen molar-refractivity contribution < 1.29 is 9.59 Å². The SMILES string of the molecule is CC.CC.CC(=O)C(C)SC(C)c1ccc(C2SC(C)C(=O)N2C)cc1.CCc1ccc(C)cc1. The second-order valence-electron chi connectivity index (χ2n) is 8.12. The quantitative estimate of drug-likeness (QED) is 0.384. The second kappa shape index (κ2) is 17.7. The second-order valence-corrected chi connectivity index (χ2v) is 11.2. The fourth-order valence-electron chi connectivity index (χ4n) is 3.28. The van der Waals surface area contributed by atoms with Crippen molar-refractivity contribution in [1.29, 1.82) is 0 Å². The van der Waals surface area contributed by atoms with Crippen LogP contribution in [0.3, 0.4) is 0 Å². The Balaban J connectivity index is 0.000000740. The van der Waals surface area contributed by atoms with Crippen LogP contribution in [0.25, 0.3) is 0 Å². The van der Waals surface area contributed by atoms with E-state index in [2.05, 4.69) is 69.3 Å². The van der Waals surface area contributed by atoms with Gasteiger partial charge < -0.3 is 4.90 Å². The molecule has 3 rings (SSSR count). The minimum atomic E-state index is 0.0182. The Labute approximate surface area is 223 Å². The first-order chi connectivity index (χ1) is 16.6. The molecule has 0 aromatic heterocycles. The average Bonchev–Trinajstić information content (AvgIpc) is 3.14. The van der Waals surface area contributed by atoms with Crippen LogP contribution in [0.5, 0.6) is 0 Å². The van der Waals surface area contributed by atoms with Crippen LogP contribution in [-0.4, -0.2) is 34.1 Å². The number of rotatable bonds is 6. The van der Waals surface area contributed by atoms with Gasteiger partial charge in [-0.1, -0.05) is 88.7 Å². The van der Waals surface area contributed by atoms with Gasteiger partial charge in [-0.25, -0.2) is 0 Å². The van der Waals surface area contributed by atoms with Crippen LogP contribution in [-0.2, 0) is 16.0 Å². The number of carbonyl (C=O) groups excluding carboxylic acids is 2. The molecule has 1 heterocycles. The van der Waals surface area contributed by atoms with Crippen LogP contribution in [0.1, 0.15) is 95.2 Å². The summed E-state index contributed by atoms with van der Waals surface area (Å²) < 4.78 is 0. The maximum absolute atomic E-state index is 11.9. The van der Waals surface area contributed by atoms with Crippen molar-refractivity contribution in [3.8, 4) is 0 Å². The van der Waals surface area contributed by atoms with Gasteiger partial charge in [0.25, 0.3) is 0 Å². The number of benzene rings is 2. The van der Waals surface area contributed by atoms with Gasteiger partial charge in [-0.3, -0.25) is 9.59 Å². The van der Waals surface area contributed by atoms with Crippen LogP contribution in [0.15, 0.2) is 48.5 Å². The van der Waals surface area contributed by atoms with E-state index in [0.29, 0.717) is 0 Å². The summed E-state index contributed by atoms with van der Waals surface area (Å²) in [7, 11) is 1.87. The molecule has 2 aromatic rings. The number of nitrogens with zero attached hydrogens (tertiary/aromatic N) is 1. The van der Waals surface area contributed by atoms with Gasteiger partial charge in [0.15, 0.2) is 0 Å². The number of ketones is 1. The molecule has 0 spiro atoms. The van der Waals surface area contributed by atoms with Crippen molar-refractivity contribution >= 4 is 35.2 Å². The lowest BCUT2D eigenvalue weighted by atomic mass is 10.1. The van der Waals surface area contributed by atoms with E-state index >= 15 is 0 Å². The smallest absolute Gasteiger partial charge is 0.236 e. The molecular weight excluding hydrogens is 470 g/mol. The average molecular weight is 518 g/mol. The molecule has 196 valence electrons. The molecule has 0 saturated carbocycles. The largest absolute Gasteiger partial charge is 0.329 e. The van der Waals surface area contributed by atoms with E-state index < -0.39 is 0 Å². The van der Waals surface area contributed by atoms with Crippen LogP contribution >= 0.6 is 23.5 Å². The lowest BCUT2D eigenvalue weighted by molar-refractivity contribution is -0.128. The van der Waals surface area contributed by atoms with Crippen molar-refractivity contribution in [2.75, 3.05) is 7.05 Å². The van der Waals surface area contributed by atoms with Gasteiger partial charge in [-0.15, -0.1) is 23.5 Å². The molecule has 1 saturated heterocycles. The molecule has 2 aromatic carbocycles. The molecule has 4 atom stereocenters. The number of thioether (sulfide) groups is 2. The number of hydrogen-bond donors (Lipinski definition) is 0. The predicted molar refractivity (Wildman–Crippen MR) is 158 cm³/mol. The summed E-state index contributed by atoms with van der Waals surface area (Å²) in [4.78, 5) is 25.1. The maximum atomic E-state index is 11.9. The highest BCUT2D eigenvalue weighted by molar-refractivity contribution is 8.01. The molecular formula is C30H47NO2S2. The molecule has 1 fully saturated rings. The molecule has 0 N–H and O–H groups in total. The lowest BCUT2D eigenvalue weighted by Crippen LogP contribution is -2.25. The summed E-state index contributed by atoms with van der Waals surface area (Å²) in [5.41, 5.74) is 5.13. The molecule has 1 aliphatic rings. The molecule has 0 aliphatic carbocycles. The van der Waals surface area contributed by atoms with Crippen LogP contribution in [0.2, 0.25) is 0 Å². The van der Waals surface area contributed by atoms with Crippen molar-refractivity contribution in [1.82, 2.24) is 4.90 Å². The molecule has 1 amide bonds. The van der Waals surface area contributed by atoms with Crippen LogP contribution < -0.4 is 0 Å². The third kappa shape index (κ3) is 10.8. The van der Waals surface area contributed by atoms with Crippen LogP contribution in [0.4, 0.5) is 0 Å². The standard InChI is InChI=1S/C17H23NO2S2.C9H12.2C2H6/c1-10(19)11(2)21-12(3)14-6-8-15(9-7-14)17-18(5)16(20)13(4)22-17;1-3-9-6-4-8(2)5-7-9;2*1-2/h6-9,11-13,17H,1-5H3;4-7H,3H2,1-2H3;2*1-2H3. The summed E-state index contributed by atoms with van der Waals surface area (Å²) in [5, 5.41) is 0.434. The molecule has 4 unspecified atom stereocenters. The normalized spacial score (nSPS) is 18.1. The Hall–Kier alpha value is -1.72. The molecule has 0 radical (unpaired) electrons. The predicted octanol–water partition coefficient (Wildman–Crippen LogP) is 8.66. The zero-order valence-corrected chi connectivity index (χ0v) is 25.3. The molecule has 35 heavy (non-hydrogen) atoms. The van der Waals surface area contributed by atoms with Gasteiger partial charge in [0.1, 0.15) is 11.2 Å². The van der Waals surface area contributed by atoms with E-state index in [1.165, 1.54) is 16.7 Å². The Kier molecular flexibility index (Phi) is 16.8. The fourth-order valence-corrected chi connectivity index (χ4v) is 5.67. The zero-order valence-electron chi connectivity index (χ0n) is 23.7. The number of hydrogen-bond acceptors (Lipinski definition) is 4. The van der Waals surface area contributed by atoms with Gasteiger partial charge in [-0.05, 0) is 57.7 Å². The van der Waals surface area contributed by atoms with E-state index in [1.54, 1.807) is 30.4 Å². The molecule has 5 heteroatoms. The number of Topliss-reactive ketones (excluding diaryl/α,β-unsaturated/α-hetero) is 1. The third-order valence-electron chi connectivity index (χ3n) is 5.58. The van der Waals surface area contributed by atoms with Gasteiger partial charge in [-0.2, -0.15) is 0 Å². The highest BCUT2D eigenvalue weighted by atomic mass is 32.2. The summed E-state index contributed by atoms with van der Waals surface area (Å²) in [6.07, 6.45) is 1.14. The first-order valence-corrected chi connectivity index (χ1v) is 14.8.